The monoisotopic (exact) mass is 599 g/mol. The van der Waals surface area contributed by atoms with Crippen molar-refractivity contribution in [3.05, 3.63) is 102 Å². The van der Waals surface area contributed by atoms with E-state index >= 15 is 4.39 Å². The number of amides is 3. The molecule has 3 aromatic heterocycles. The lowest BCUT2D eigenvalue weighted by atomic mass is 10.1. The maximum Gasteiger partial charge on any atom is 0.331 e. The molecule has 43 heavy (non-hydrogen) atoms. The second kappa shape index (κ2) is 11.9. The van der Waals surface area contributed by atoms with Gasteiger partial charge in [-0.2, -0.15) is 0 Å². The number of urea groups is 1. The summed E-state index contributed by atoms with van der Waals surface area (Å²) in [7, 11) is 4.01. The molecule has 6 rings (SSSR count). The first-order valence-corrected chi connectivity index (χ1v) is 14.4. The van der Waals surface area contributed by atoms with E-state index in [4.69, 9.17) is 4.74 Å². The maximum absolute atomic E-state index is 15.2. The first-order valence-electron chi connectivity index (χ1n) is 13.6. The number of carbonyl (C=O) groups is 2. The van der Waals surface area contributed by atoms with Crippen LogP contribution in [-0.4, -0.2) is 58.9 Å². The lowest BCUT2D eigenvalue weighted by Gasteiger charge is -2.17. The van der Waals surface area contributed by atoms with Crippen LogP contribution in [-0.2, 0) is 17.8 Å². The Hall–Kier alpha value is -4.74. The molecule has 4 heterocycles. The first-order chi connectivity index (χ1) is 20.7. The number of imide groups is 1. The number of nitrogens with zero attached hydrogens (tertiary/aromatic N) is 5. The molecule has 0 unspecified atom stereocenters. The van der Waals surface area contributed by atoms with Crippen molar-refractivity contribution < 1.29 is 23.1 Å². The number of halogens is 2. The van der Waals surface area contributed by atoms with Gasteiger partial charge in [0.1, 0.15) is 11.6 Å². The SMILES string of the molecule is CN(C)Cc1ccc(-c2cc3nccc(Oc4ccc(CC(=O)N5CCN(c6ccc(F)cc6)C5=O)cc4F)c3s2)nc1. The Bertz CT molecular complexity index is 1810. The van der Waals surface area contributed by atoms with Crippen molar-refractivity contribution in [2.24, 2.45) is 0 Å². The first kappa shape index (κ1) is 28.4. The molecule has 3 amide bonds. The molecule has 2 aromatic carbocycles. The minimum atomic E-state index is -0.633. The molecule has 0 N–H and O–H groups in total. The number of hydrogen-bond acceptors (Lipinski definition) is 7. The summed E-state index contributed by atoms with van der Waals surface area (Å²) in [4.78, 5) is 40.3. The van der Waals surface area contributed by atoms with Gasteiger partial charge in [0.15, 0.2) is 11.6 Å². The zero-order valence-corrected chi connectivity index (χ0v) is 24.3. The number of pyridine rings is 2. The van der Waals surface area contributed by atoms with Gasteiger partial charge in [-0.25, -0.2) is 13.6 Å². The van der Waals surface area contributed by atoms with Gasteiger partial charge in [0.05, 0.1) is 27.2 Å². The van der Waals surface area contributed by atoms with Crippen LogP contribution in [0.2, 0.25) is 0 Å². The van der Waals surface area contributed by atoms with E-state index in [1.807, 2.05) is 38.5 Å². The molecule has 0 atom stereocenters. The molecular formula is C32H27F2N5O3S. The molecule has 218 valence electrons. The number of benzene rings is 2. The number of anilines is 1. The molecule has 1 aliphatic heterocycles. The molecular weight excluding hydrogens is 572 g/mol. The number of ether oxygens (including phenoxy) is 1. The van der Waals surface area contributed by atoms with Crippen LogP contribution in [0.3, 0.4) is 0 Å². The van der Waals surface area contributed by atoms with Gasteiger partial charge < -0.3 is 9.64 Å². The van der Waals surface area contributed by atoms with E-state index in [1.54, 1.807) is 18.3 Å². The largest absolute Gasteiger partial charge is 0.453 e. The predicted octanol–water partition coefficient (Wildman–Crippen LogP) is 6.50. The van der Waals surface area contributed by atoms with Crippen LogP contribution in [0.25, 0.3) is 20.8 Å². The fraction of sp³-hybridized carbons (Fsp3) is 0.188. The number of aromatic nitrogens is 2. The normalized spacial score (nSPS) is 13.4. The minimum Gasteiger partial charge on any atom is -0.453 e. The van der Waals surface area contributed by atoms with Crippen LogP contribution >= 0.6 is 11.3 Å². The van der Waals surface area contributed by atoms with Gasteiger partial charge in [-0.15, -0.1) is 11.3 Å². The third-order valence-electron chi connectivity index (χ3n) is 6.97. The van der Waals surface area contributed by atoms with E-state index in [9.17, 15) is 14.0 Å². The molecule has 1 aliphatic rings. The highest BCUT2D eigenvalue weighted by Crippen LogP contribution is 2.39. The quantitative estimate of drug-likeness (QED) is 0.203. The Morgan fingerprint density at radius 1 is 0.953 bits per heavy atom. The lowest BCUT2D eigenvalue weighted by Crippen LogP contribution is -2.37. The molecule has 11 heteroatoms. The van der Waals surface area contributed by atoms with Crippen molar-refractivity contribution in [2.75, 3.05) is 32.1 Å². The predicted molar refractivity (Wildman–Crippen MR) is 161 cm³/mol. The van der Waals surface area contributed by atoms with E-state index in [2.05, 4.69) is 14.9 Å². The Morgan fingerprint density at radius 3 is 2.47 bits per heavy atom. The fourth-order valence-corrected chi connectivity index (χ4v) is 5.95. The summed E-state index contributed by atoms with van der Waals surface area (Å²) in [6.45, 7) is 1.28. The summed E-state index contributed by atoms with van der Waals surface area (Å²) in [5.41, 5.74) is 3.55. The van der Waals surface area contributed by atoms with Crippen LogP contribution in [0.5, 0.6) is 11.5 Å². The van der Waals surface area contributed by atoms with Gasteiger partial charge >= 0.3 is 6.03 Å². The summed E-state index contributed by atoms with van der Waals surface area (Å²) >= 11 is 1.46. The number of rotatable bonds is 8. The van der Waals surface area contributed by atoms with Gasteiger partial charge in [-0.05, 0) is 73.8 Å². The Balaban J connectivity index is 1.14. The topological polar surface area (TPSA) is 78.9 Å². The van der Waals surface area contributed by atoms with Gasteiger partial charge in [0.2, 0.25) is 5.91 Å². The summed E-state index contributed by atoms with van der Waals surface area (Å²) in [6, 6.07) is 16.9. The Morgan fingerprint density at radius 2 is 1.74 bits per heavy atom. The van der Waals surface area contributed by atoms with Gasteiger partial charge in [0.25, 0.3) is 0 Å². The maximum atomic E-state index is 15.2. The number of fused-ring (bicyclic) bond motifs is 1. The fourth-order valence-electron chi connectivity index (χ4n) is 4.90. The van der Waals surface area contributed by atoms with E-state index in [0.717, 1.165) is 32.3 Å². The molecule has 0 aliphatic carbocycles. The summed E-state index contributed by atoms with van der Waals surface area (Å²) < 4.78 is 35.2. The van der Waals surface area contributed by atoms with E-state index in [-0.39, 0.29) is 18.7 Å². The van der Waals surface area contributed by atoms with Gasteiger partial charge in [-0.3, -0.25) is 24.6 Å². The second-order valence-corrected chi connectivity index (χ2v) is 11.5. The summed E-state index contributed by atoms with van der Waals surface area (Å²) in [6.07, 6.45) is 3.30. The number of hydrogen-bond donors (Lipinski definition) is 0. The molecule has 1 fully saturated rings. The third kappa shape index (κ3) is 6.08. The molecule has 0 bridgehead atoms. The van der Waals surface area contributed by atoms with Gasteiger partial charge in [0, 0.05) is 43.8 Å². The van der Waals surface area contributed by atoms with Crippen LogP contribution in [0.1, 0.15) is 11.1 Å². The average Bonchev–Trinajstić information content (AvgIpc) is 3.59. The smallest absolute Gasteiger partial charge is 0.331 e. The zero-order valence-electron chi connectivity index (χ0n) is 23.5. The highest BCUT2D eigenvalue weighted by Gasteiger charge is 2.34. The second-order valence-electron chi connectivity index (χ2n) is 10.4. The van der Waals surface area contributed by atoms with Crippen molar-refractivity contribution >= 4 is 39.2 Å². The average molecular weight is 600 g/mol. The third-order valence-corrected chi connectivity index (χ3v) is 8.13. The Kier molecular flexibility index (Phi) is 7.83. The van der Waals surface area contributed by atoms with E-state index in [0.29, 0.717) is 29.1 Å². The highest BCUT2D eigenvalue weighted by molar-refractivity contribution is 7.22. The number of thiophene rings is 1. The van der Waals surface area contributed by atoms with Crippen molar-refractivity contribution in [1.29, 1.82) is 0 Å². The lowest BCUT2D eigenvalue weighted by molar-refractivity contribution is -0.126. The minimum absolute atomic E-state index is 0.00421. The summed E-state index contributed by atoms with van der Waals surface area (Å²) in [5.74, 6) is -1.04. The molecule has 1 saturated heterocycles. The van der Waals surface area contributed by atoms with Crippen molar-refractivity contribution in [3.63, 3.8) is 0 Å². The van der Waals surface area contributed by atoms with Crippen LogP contribution < -0.4 is 9.64 Å². The Labute approximate surface area is 250 Å². The van der Waals surface area contributed by atoms with Crippen LogP contribution in [0.15, 0.2) is 79.1 Å². The van der Waals surface area contributed by atoms with Crippen LogP contribution in [0, 0.1) is 11.6 Å². The highest BCUT2D eigenvalue weighted by atomic mass is 32.1. The molecule has 0 spiro atoms. The standard InChI is InChI=1S/C32H27F2N5O3S/c1-37(2)19-21-3-9-25(36-18-21)29-17-26-31(43-29)28(11-12-35-26)42-27-10-4-20(15-24(27)34)16-30(40)39-14-13-38(32(39)41)23-7-5-22(33)6-8-23/h3-12,15,17-18H,13-14,16,19H2,1-2H3. The van der Waals surface area contributed by atoms with Crippen molar-refractivity contribution in [3.8, 4) is 22.1 Å². The zero-order chi connectivity index (χ0) is 30.1. The molecule has 0 saturated carbocycles. The van der Waals surface area contributed by atoms with Gasteiger partial charge in [-0.1, -0.05) is 12.1 Å². The van der Waals surface area contributed by atoms with Crippen molar-refractivity contribution in [2.45, 2.75) is 13.0 Å². The molecule has 0 radical (unpaired) electrons. The van der Waals surface area contributed by atoms with Crippen molar-refractivity contribution in [1.82, 2.24) is 19.8 Å². The summed E-state index contributed by atoms with van der Waals surface area (Å²) in [5, 5.41) is 0. The molecule has 8 nitrogen and oxygen atoms in total. The van der Waals surface area contributed by atoms with E-state index < -0.39 is 23.6 Å². The van der Waals surface area contributed by atoms with E-state index in [1.165, 1.54) is 52.6 Å². The van der Waals surface area contributed by atoms with Crippen LogP contribution in [0.4, 0.5) is 19.3 Å². The molecule has 5 aromatic rings. The number of carbonyl (C=O) groups excluding carboxylic acids is 2.